The van der Waals surface area contributed by atoms with Crippen LogP contribution in [0.15, 0.2) is 130 Å². The lowest BCUT2D eigenvalue weighted by molar-refractivity contribution is 0.0690. The molecular formula is C46H45N12O10S3-. The molecule has 5 heterocycles. The number of rotatable bonds is 5. The minimum Gasteiger partial charge on any atom is -0.476 e. The Morgan fingerprint density at radius 3 is 1.56 bits per heavy atom. The molecule has 2 aromatic heterocycles. The number of aryl methyl sites for hydroxylation is 2. The third-order valence-electron chi connectivity index (χ3n) is 10.4. The molecule has 0 fully saturated rings. The van der Waals surface area contributed by atoms with E-state index in [1.54, 1.807) is 18.2 Å². The summed E-state index contributed by atoms with van der Waals surface area (Å²) in [5.74, 6) is -2.38. The highest BCUT2D eigenvalue weighted by molar-refractivity contribution is 7.91. The van der Waals surface area contributed by atoms with Crippen molar-refractivity contribution < 1.29 is 44.7 Å². The standard InChI is InChI=1S/C19H17N5O3S.C12H11N3O2.C7H6N2O3S.C7H8N2O2S.CH3/c1-11-2-4-12(5-3-11)15-10-21-18(20)17(24-15)19(25)23-14-6-7-16-13(8-14)9-22-28(16,26)27;1-7-2-4-8(5-3-7)9-6-14-11(13)10(15-9)12(16)17;8-4-1-2-6-5(3-4)7(10)9-13(6,11)12;8-6-1-2-7-5(3-6)4-9-12(7,10)11;/h2-8,10,22H,9H2,1H3,(H2,20,21)(H,23,25);2-6H,1H3,(H2,13,14)(H,16,17);1-3H,8H2,(H,9,10);1-3,9H,4,8H2;1H3/q;;;;-1. The Labute approximate surface area is 408 Å². The van der Waals surface area contributed by atoms with Gasteiger partial charge in [-0.3, -0.25) is 9.59 Å². The average Bonchev–Trinajstić information content (AvgIpc) is 3.87. The summed E-state index contributed by atoms with van der Waals surface area (Å²) >= 11 is 0. The maximum absolute atomic E-state index is 12.7. The number of carboxylic acids is 1. The number of aromatic carboxylic acids is 1. The van der Waals surface area contributed by atoms with E-state index in [1.165, 1.54) is 48.8 Å². The van der Waals surface area contributed by atoms with Gasteiger partial charge in [0.25, 0.3) is 21.8 Å². The lowest BCUT2D eigenvalue weighted by Crippen LogP contribution is -2.20. The summed E-state index contributed by atoms with van der Waals surface area (Å²) in [6.45, 7) is 4.49. The van der Waals surface area contributed by atoms with Crippen LogP contribution in [-0.4, -0.2) is 68.1 Å². The minimum absolute atomic E-state index is 0. The van der Waals surface area contributed by atoms with Crippen molar-refractivity contribution in [1.82, 2.24) is 34.1 Å². The number of carbonyl (C=O) groups is 3. The number of aromatic nitrogens is 4. The van der Waals surface area contributed by atoms with Crippen LogP contribution in [0.1, 0.15) is 53.6 Å². The summed E-state index contributed by atoms with van der Waals surface area (Å²) in [4.78, 5) is 51.4. The van der Waals surface area contributed by atoms with Crippen LogP contribution in [0.5, 0.6) is 0 Å². The van der Waals surface area contributed by atoms with E-state index in [1.807, 2.05) is 67.1 Å². The monoisotopic (exact) mass is 1020 g/mol. The fourth-order valence-corrected chi connectivity index (χ4v) is 10.4. The first-order chi connectivity index (χ1) is 33.0. The summed E-state index contributed by atoms with van der Waals surface area (Å²) in [5.41, 5.74) is 29.7. The van der Waals surface area contributed by atoms with E-state index in [0.717, 1.165) is 27.8 Å². The van der Waals surface area contributed by atoms with Crippen LogP contribution >= 0.6 is 0 Å². The van der Waals surface area contributed by atoms with Crippen molar-refractivity contribution in [3.63, 3.8) is 0 Å². The number of hydrogen-bond acceptors (Lipinski definition) is 17. The summed E-state index contributed by atoms with van der Waals surface area (Å²) in [6, 6.07) is 28.7. The van der Waals surface area contributed by atoms with Crippen molar-refractivity contribution in [2.45, 2.75) is 41.6 Å². The molecule has 0 atom stereocenters. The van der Waals surface area contributed by atoms with Crippen LogP contribution in [-0.2, 0) is 43.2 Å². The van der Waals surface area contributed by atoms with Crippen LogP contribution in [0.3, 0.4) is 0 Å². The molecule has 22 nitrogen and oxygen atoms in total. The Kier molecular flexibility index (Phi) is 15.2. The fourth-order valence-electron chi connectivity index (χ4n) is 6.79. The first-order valence-corrected chi connectivity index (χ1v) is 24.9. The molecule has 2 amide bonds. The second-order valence-electron chi connectivity index (χ2n) is 15.5. The number of nitrogens with two attached hydrogens (primary N) is 4. The molecular weight excluding hydrogens is 977 g/mol. The van der Waals surface area contributed by atoms with Gasteiger partial charge in [0, 0.05) is 41.3 Å². The number of benzene rings is 5. The fraction of sp³-hybridized carbons (Fsp3) is 0.0870. The molecule has 25 heteroatoms. The number of amides is 2. The van der Waals surface area contributed by atoms with Gasteiger partial charge in [0.2, 0.25) is 20.0 Å². The molecule has 71 heavy (non-hydrogen) atoms. The number of hydrogen-bond donors (Lipinski definition) is 9. The minimum atomic E-state index is -3.63. The molecule has 368 valence electrons. The highest BCUT2D eigenvalue weighted by atomic mass is 32.2. The van der Waals surface area contributed by atoms with Crippen molar-refractivity contribution in [1.29, 1.82) is 0 Å². The zero-order valence-electron chi connectivity index (χ0n) is 37.8. The molecule has 13 N–H and O–H groups in total. The molecule has 0 bridgehead atoms. The zero-order chi connectivity index (χ0) is 50.7. The number of carboxylic acid groups (broad SMARTS) is 1. The second kappa shape index (κ2) is 20.7. The molecule has 0 aliphatic carbocycles. The van der Waals surface area contributed by atoms with E-state index in [9.17, 15) is 39.6 Å². The van der Waals surface area contributed by atoms with Gasteiger partial charge in [-0.1, -0.05) is 59.7 Å². The van der Waals surface area contributed by atoms with Crippen molar-refractivity contribution >= 4 is 76.6 Å². The molecule has 3 aliphatic heterocycles. The molecule has 0 unspecified atom stereocenters. The first-order valence-electron chi connectivity index (χ1n) is 20.4. The highest BCUT2D eigenvalue weighted by Crippen LogP contribution is 2.28. The van der Waals surface area contributed by atoms with Gasteiger partial charge in [-0.05, 0) is 79.6 Å². The molecule has 0 radical (unpaired) electrons. The molecule has 0 saturated carbocycles. The summed E-state index contributed by atoms with van der Waals surface area (Å²) in [7, 11) is -10.3. The summed E-state index contributed by atoms with van der Waals surface area (Å²) in [5, 5.41) is 11.6. The van der Waals surface area contributed by atoms with Crippen molar-refractivity contribution in [3.05, 3.63) is 162 Å². The molecule has 3 aliphatic rings. The van der Waals surface area contributed by atoms with E-state index in [2.05, 4.69) is 34.7 Å². The Bertz CT molecular complexity index is 3580. The molecule has 10 rings (SSSR count). The van der Waals surface area contributed by atoms with E-state index in [4.69, 9.17) is 28.0 Å². The smallest absolute Gasteiger partial charge is 0.358 e. The van der Waals surface area contributed by atoms with Gasteiger partial charge in [0.05, 0.1) is 39.1 Å². The van der Waals surface area contributed by atoms with E-state index < -0.39 is 47.9 Å². The van der Waals surface area contributed by atoms with Gasteiger partial charge >= 0.3 is 5.97 Å². The molecule has 0 spiro atoms. The number of carbonyl (C=O) groups excluding carboxylic acids is 2. The first kappa shape index (κ1) is 52.0. The largest absolute Gasteiger partial charge is 0.476 e. The van der Waals surface area contributed by atoms with Gasteiger partial charge in [0.1, 0.15) is 4.90 Å². The zero-order valence-corrected chi connectivity index (χ0v) is 40.3. The van der Waals surface area contributed by atoms with Gasteiger partial charge in [-0.15, -0.1) is 0 Å². The highest BCUT2D eigenvalue weighted by Gasteiger charge is 2.32. The molecule has 7 aromatic rings. The van der Waals surface area contributed by atoms with Crippen LogP contribution in [0.2, 0.25) is 0 Å². The van der Waals surface area contributed by atoms with Crippen molar-refractivity contribution in [2.75, 3.05) is 28.3 Å². The third kappa shape index (κ3) is 11.9. The second-order valence-corrected chi connectivity index (χ2v) is 20.6. The lowest BCUT2D eigenvalue weighted by atomic mass is 10.1. The summed E-state index contributed by atoms with van der Waals surface area (Å²) in [6.07, 6.45) is 2.98. The number of fused-ring (bicyclic) bond motifs is 3. The molecule has 5 aromatic carbocycles. The third-order valence-corrected chi connectivity index (χ3v) is 14.8. The van der Waals surface area contributed by atoms with Crippen LogP contribution < -0.4 is 42.4 Å². The van der Waals surface area contributed by atoms with Gasteiger partial charge in [-0.25, -0.2) is 64.2 Å². The Morgan fingerprint density at radius 1 is 0.592 bits per heavy atom. The number of nitrogen functional groups attached to an aromatic ring is 4. The van der Waals surface area contributed by atoms with E-state index in [0.29, 0.717) is 45.5 Å². The Balaban J connectivity index is 0.000000165. The van der Waals surface area contributed by atoms with Crippen LogP contribution in [0.25, 0.3) is 22.5 Å². The normalized spacial score (nSPS) is 14.6. The predicted octanol–water partition coefficient (Wildman–Crippen LogP) is 4.02. The van der Waals surface area contributed by atoms with Crippen molar-refractivity contribution in [3.8, 4) is 22.5 Å². The lowest BCUT2D eigenvalue weighted by Gasteiger charge is -2.09. The number of nitrogens with zero attached hydrogens (tertiary/aromatic N) is 4. The molecule has 0 saturated heterocycles. The van der Waals surface area contributed by atoms with Crippen LogP contribution in [0.4, 0.5) is 28.7 Å². The average molecular weight is 1020 g/mol. The van der Waals surface area contributed by atoms with E-state index in [-0.39, 0.29) is 52.3 Å². The van der Waals surface area contributed by atoms with Crippen molar-refractivity contribution in [2.24, 2.45) is 0 Å². The van der Waals surface area contributed by atoms with Gasteiger partial charge < -0.3 is 40.8 Å². The van der Waals surface area contributed by atoms with Gasteiger partial charge in [-0.2, -0.15) is 0 Å². The summed E-state index contributed by atoms with van der Waals surface area (Å²) < 4.78 is 75.2. The Morgan fingerprint density at radius 2 is 1.04 bits per heavy atom. The number of anilines is 5. The maximum atomic E-state index is 12.7. The topological polar surface area (TPSA) is 378 Å². The maximum Gasteiger partial charge on any atom is 0.358 e. The van der Waals surface area contributed by atoms with Gasteiger partial charge in [0.15, 0.2) is 23.0 Å². The quantitative estimate of drug-likeness (QED) is 0.0868. The van der Waals surface area contributed by atoms with Crippen LogP contribution in [0, 0.1) is 21.3 Å². The SMILES string of the molecule is Cc1ccc(-c2cnc(N)c(C(=O)Nc3ccc4c(c3)CNS4(=O)=O)n2)cc1.Cc1ccc(-c2cnc(N)c(C(=O)O)n2)cc1.Nc1ccc2c(c1)C(=O)NS2(=O)=O.Nc1ccc2c(c1)CNS2(=O)=O.[CH3-]. The van der Waals surface area contributed by atoms with E-state index >= 15 is 0 Å². The number of sulfonamides is 3. The number of nitrogens with one attached hydrogen (secondary N) is 4. The Hall–Kier alpha value is -8.36. The predicted molar refractivity (Wildman–Crippen MR) is 265 cm³/mol.